The van der Waals surface area contributed by atoms with Crippen molar-refractivity contribution in [3.8, 4) is 0 Å². The summed E-state index contributed by atoms with van der Waals surface area (Å²) in [6.45, 7) is 5.32. The van der Waals surface area contributed by atoms with E-state index in [1.54, 1.807) is 0 Å². The Kier molecular flexibility index (Phi) is 3.55. The van der Waals surface area contributed by atoms with Crippen molar-refractivity contribution in [2.24, 2.45) is 5.41 Å². The van der Waals surface area contributed by atoms with Crippen molar-refractivity contribution in [3.63, 3.8) is 0 Å². The highest BCUT2D eigenvalue weighted by Gasteiger charge is 2.41. The molecule has 3 heteroatoms. The quantitative estimate of drug-likeness (QED) is 0.917. The van der Waals surface area contributed by atoms with Crippen LogP contribution in [0.5, 0.6) is 0 Å². The Balaban J connectivity index is 1.75. The van der Waals surface area contributed by atoms with E-state index in [4.69, 9.17) is 0 Å². The van der Waals surface area contributed by atoms with E-state index >= 15 is 0 Å². The van der Waals surface area contributed by atoms with Gasteiger partial charge in [-0.25, -0.2) is 0 Å². The van der Waals surface area contributed by atoms with E-state index in [0.717, 1.165) is 12.1 Å². The summed E-state index contributed by atoms with van der Waals surface area (Å²) >= 11 is 0. The van der Waals surface area contributed by atoms with E-state index in [9.17, 15) is 4.79 Å². The lowest BCUT2D eigenvalue weighted by Gasteiger charge is -2.32. The lowest BCUT2D eigenvalue weighted by atomic mass is 9.88. The minimum atomic E-state index is -0.170. The molecule has 0 radical (unpaired) electrons. The molecule has 2 unspecified atom stereocenters. The van der Waals surface area contributed by atoms with Gasteiger partial charge in [-0.05, 0) is 30.7 Å². The van der Waals surface area contributed by atoms with Crippen molar-refractivity contribution in [2.45, 2.75) is 51.7 Å². The molecule has 1 amide bonds. The highest BCUT2D eigenvalue weighted by atomic mass is 16.2. The maximum absolute atomic E-state index is 12.7. The third-order valence-electron chi connectivity index (χ3n) is 4.90. The molecule has 2 atom stereocenters. The average Bonchev–Trinajstić information content (AvgIpc) is 2.99. The van der Waals surface area contributed by atoms with Crippen molar-refractivity contribution in [1.82, 2.24) is 10.2 Å². The molecule has 20 heavy (non-hydrogen) atoms. The van der Waals surface area contributed by atoms with Crippen LogP contribution in [0.25, 0.3) is 0 Å². The molecule has 0 spiro atoms. The maximum Gasteiger partial charge on any atom is 0.245 e. The lowest BCUT2D eigenvalue weighted by molar-refractivity contribution is -0.131. The Morgan fingerprint density at radius 2 is 1.90 bits per heavy atom. The van der Waals surface area contributed by atoms with Gasteiger partial charge in [0, 0.05) is 6.54 Å². The van der Waals surface area contributed by atoms with E-state index in [2.05, 4.69) is 19.2 Å². The van der Waals surface area contributed by atoms with E-state index in [1.165, 1.54) is 25.7 Å². The Labute approximate surface area is 121 Å². The van der Waals surface area contributed by atoms with Crippen molar-refractivity contribution >= 4 is 5.91 Å². The molecule has 1 aliphatic heterocycles. The van der Waals surface area contributed by atoms with Gasteiger partial charge in [0.25, 0.3) is 0 Å². The molecule has 1 saturated carbocycles. The smallest absolute Gasteiger partial charge is 0.245 e. The Morgan fingerprint density at radius 3 is 2.55 bits per heavy atom. The number of rotatable bonds is 3. The Bertz CT molecular complexity index is 479. The second-order valence-electron chi connectivity index (χ2n) is 6.67. The second-order valence-corrected chi connectivity index (χ2v) is 6.67. The van der Waals surface area contributed by atoms with Crippen molar-refractivity contribution in [1.29, 1.82) is 0 Å². The summed E-state index contributed by atoms with van der Waals surface area (Å²) in [5.41, 5.74) is 1.39. The van der Waals surface area contributed by atoms with Gasteiger partial charge in [-0.15, -0.1) is 0 Å². The summed E-state index contributed by atoms with van der Waals surface area (Å²) in [5.74, 6) is 0.233. The third-order valence-corrected chi connectivity index (χ3v) is 4.90. The number of amides is 1. The summed E-state index contributed by atoms with van der Waals surface area (Å²) in [6.07, 6.45) is 5.24. The number of benzene rings is 1. The third kappa shape index (κ3) is 2.47. The van der Waals surface area contributed by atoms with Crippen molar-refractivity contribution < 1.29 is 4.79 Å². The minimum absolute atomic E-state index is 0.130. The molecule has 1 N–H and O–H groups in total. The predicted octanol–water partition coefficient (Wildman–Crippen LogP) is 3.09. The van der Waals surface area contributed by atoms with Gasteiger partial charge in [-0.1, -0.05) is 50.1 Å². The van der Waals surface area contributed by atoms with Crippen LogP contribution < -0.4 is 5.32 Å². The van der Waals surface area contributed by atoms with Crippen molar-refractivity contribution in [3.05, 3.63) is 35.9 Å². The Morgan fingerprint density at radius 1 is 1.25 bits per heavy atom. The van der Waals surface area contributed by atoms with Crippen LogP contribution in [0.3, 0.4) is 0 Å². The first-order chi connectivity index (χ1) is 9.59. The molecule has 1 aromatic rings. The normalized spacial score (nSPS) is 29.1. The predicted molar refractivity (Wildman–Crippen MR) is 80.1 cm³/mol. The number of hydrogen-bond acceptors (Lipinski definition) is 2. The molecule has 1 aliphatic carbocycles. The van der Waals surface area contributed by atoms with Gasteiger partial charge in [0.2, 0.25) is 5.91 Å². The van der Waals surface area contributed by atoms with Crippen LogP contribution in [0.2, 0.25) is 0 Å². The fourth-order valence-electron chi connectivity index (χ4n) is 3.66. The molecular formula is C17H24N2O. The lowest BCUT2D eigenvalue weighted by Crippen LogP contribution is -2.41. The van der Waals surface area contributed by atoms with Gasteiger partial charge < -0.3 is 4.90 Å². The van der Waals surface area contributed by atoms with E-state index in [0.29, 0.717) is 5.41 Å². The van der Waals surface area contributed by atoms with Gasteiger partial charge in [-0.2, -0.15) is 0 Å². The molecular weight excluding hydrogens is 248 g/mol. The van der Waals surface area contributed by atoms with E-state index < -0.39 is 0 Å². The van der Waals surface area contributed by atoms with E-state index in [1.807, 2.05) is 35.2 Å². The molecule has 1 saturated heterocycles. The van der Waals surface area contributed by atoms with Crippen LogP contribution in [0.4, 0.5) is 0 Å². The van der Waals surface area contributed by atoms with Crippen molar-refractivity contribution in [2.75, 3.05) is 6.54 Å². The molecule has 2 fully saturated rings. The zero-order valence-corrected chi connectivity index (χ0v) is 12.4. The molecule has 3 nitrogen and oxygen atoms in total. The van der Waals surface area contributed by atoms with Crippen LogP contribution in [0, 0.1) is 5.41 Å². The van der Waals surface area contributed by atoms with Crippen LogP contribution in [-0.4, -0.2) is 23.5 Å². The monoisotopic (exact) mass is 272 g/mol. The first kappa shape index (κ1) is 13.6. The van der Waals surface area contributed by atoms with Crippen LogP contribution in [0.1, 0.15) is 51.1 Å². The average molecular weight is 272 g/mol. The first-order valence-corrected chi connectivity index (χ1v) is 7.71. The number of carbonyl (C=O) groups is 1. The van der Waals surface area contributed by atoms with Gasteiger partial charge in [0.1, 0.15) is 6.04 Å². The largest absolute Gasteiger partial charge is 0.325 e. The fourth-order valence-corrected chi connectivity index (χ4v) is 3.66. The molecule has 3 rings (SSSR count). The maximum atomic E-state index is 12.7. The summed E-state index contributed by atoms with van der Waals surface area (Å²) in [7, 11) is 0. The summed E-state index contributed by atoms with van der Waals surface area (Å²) in [5, 5.41) is 3.44. The number of nitrogens with one attached hydrogen (secondary N) is 1. The van der Waals surface area contributed by atoms with Gasteiger partial charge in [0.15, 0.2) is 0 Å². The molecule has 2 aliphatic rings. The fraction of sp³-hybridized carbons (Fsp3) is 0.588. The zero-order chi connectivity index (χ0) is 14.2. The molecule has 1 aromatic carbocycles. The Hall–Kier alpha value is -1.35. The van der Waals surface area contributed by atoms with Gasteiger partial charge in [-0.3, -0.25) is 10.1 Å². The zero-order valence-electron chi connectivity index (χ0n) is 12.4. The highest BCUT2D eigenvalue weighted by Crippen LogP contribution is 2.39. The number of carbonyl (C=O) groups excluding carboxylic acids is 1. The topological polar surface area (TPSA) is 32.3 Å². The van der Waals surface area contributed by atoms with Gasteiger partial charge >= 0.3 is 0 Å². The second kappa shape index (κ2) is 5.21. The van der Waals surface area contributed by atoms with Crippen LogP contribution in [0.15, 0.2) is 30.3 Å². The first-order valence-electron chi connectivity index (χ1n) is 7.71. The number of hydrogen-bond donors (Lipinski definition) is 1. The number of nitrogens with zero attached hydrogens (tertiary/aromatic N) is 1. The summed E-state index contributed by atoms with van der Waals surface area (Å²) < 4.78 is 0. The van der Waals surface area contributed by atoms with Gasteiger partial charge in [0.05, 0.1) is 6.17 Å². The highest BCUT2D eigenvalue weighted by molar-refractivity contribution is 5.85. The van der Waals surface area contributed by atoms with Crippen LogP contribution in [-0.2, 0) is 4.79 Å². The summed E-state index contributed by atoms with van der Waals surface area (Å²) in [4.78, 5) is 14.8. The van der Waals surface area contributed by atoms with E-state index in [-0.39, 0.29) is 18.1 Å². The minimum Gasteiger partial charge on any atom is -0.325 e. The molecule has 1 heterocycles. The standard InChI is InChI=1S/C17H24N2O/c1-13-18-15(14-8-4-3-5-9-14)16(20)19(13)12-17(2)10-6-7-11-17/h3-5,8-9,13,15,18H,6-7,10-12H2,1-2H3. The molecule has 0 bridgehead atoms. The summed E-state index contributed by atoms with van der Waals surface area (Å²) in [6, 6.07) is 9.87. The molecule has 108 valence electrons. The molecule has 0 aromatic heterocycles. The SMILES string of the molecule is CC1NC(c2ccccc2)C(=O)N1CC1(C)CCCC1. The van der Waals surface area contributed by atoms with Crippen LogP contribution >= 0.6 is 0 Å².